The summed E-state index contributed by atoms with van der Waals surface area (Å²) in [6, 6.07) is 5.25. The number of nitrogens with one attached hydrogen (secondary N) is 2. The van der Waals surface area contributed by atoms with Gasteiger partial charge < -0.3 is 22.1 Å². The molecule has 0 spiro atoms. The molecule has 8 heteroatoms. The molecule has 0 aliphatic carbocycles. The zero-order valence-corrected chi connectivity index (χ0v) is 15.3. The van der Waals surface area contributed by atoms with Crippen LogP contribution in [0.15, 0.2) is 24.4 Å². The fourth-order valence-corrected chi connectivity index (χ4v) is 2.64. The average molecular weight is 356 g/mol. The van der Waals surface area contributed by atoms with E-state index in [2.05, 4.69) is 20.6 Å². The second kappa shape index (κ2) is 7.81. The third kappa shape index (κ3) is 4.69. The quantitative estimate of drug-likeness (QED) is 0.598. The minimum Gasteiger partial charge on any atom is -0.368 e. The number of amides is 2. The molecule has 1 heterocycles. The SMILES string of the molecule is Cc1cc(C)cc(Nc2nc(N[C@@H](C(N)=O)C(C)C)cnc2C(N)=O)c1. The highest BCUT2D eigenvalue weighted by atomic mass is 16.1. The predicted molar refractivity (Wildman–Crippen MR) is 101 cm³/mol. The van der Waals surface area contributed by atoms with E-state index >= 15 is 0 Å². The summed E-state index contributed by atoms with van der Waals surface area (Å²) in [7, 11) is 0. The molecule has 0 bridgehead atoms. The van der Waals surface area contributed by atoms with Crippen LogP contribution < -0.4 is 22.1 Å². The zero-order valence-electron chi connectivity index (χ0n) is 15.3. The number of nitrogens with zero attached hydrogens (tertiary/aromatic N) is 2. The largest absolute Gasteiger partial charge is 0.368 e. The molecule has 0 saturated carbocycles. The van der Waals surface area contributed by atoms with Gasteiger partial charge in [-0.1, -0.05) is 19.9 Å². The highest BCUT2D eigenvalue weighted by molar-refractivity contribution is 5.96. The molecule has 2 aromatic rings. The number of carbonyl (C=O) groups is 2. The number of rotatable bonds is 7. The number of anilines is 3. The molecule has 2 amide bonds. The molecule has 1 atom stereocenters. The van der Waals surface area contributed by atoms with Crippen molar-refractivity contribution in [1.29, 1.82) is 0 Å². The van der Waals surface area contributed by atoms with E-state index in [0.717, 1.165) is 16.8 Å². The number of carbonyl (C=O) groups excluding carboxylic acids is 2. The maximum absolute atomic E-state index is 11.7. The average Bonchev–Trinajstić information content (AvgIpc) is 2.50. The van der Waals surface area contributed by atoms with Gasteiger partial charge in [-0.25, -0.2) is 9.97 Å². The van der Waals surface area contributed by atoms with Crippen LogP contribution >= 0.6 is 0 Å². The second-order valence-electron chi connectivity index (χ2n) is 6.59. The molecule has 8 nitrogen and oxygen atoms in total. The van der Waals surface area contributed by atoms with Crippen LogP contribution in [-0.4, -0.2) is 27.8 Å². The number of primary amides is 2. The van der Waals surface area contributed by atoms with Crippen molar-refractivity contribution in [3.05, 3.63) is 41.2 Å². The molecule has 0 radical (unpaired) electrons. The van der Waals surface area contributed by atoms with Gasteiger partial charge in [0.2, 0.25) is 5.91 Å². The van der Waals surface area contributed by atoms with Crippen molar-refractivity contribution in [2.24, 2.45) is 17.4 Å². The van der Waals surface area contributed by atoms with Gasteiger partial charge in [-0.2, -0.15) is 0 Å². The first-order valence-electron chi connectivity index (χ1n) is 8.25. The van der Waals surface area contributed by atoms with Gasteiger partial charge in [0.15, 0.2) is 11.5 Å². The molecule has 0 fully saturated rings. The van der Waals surface area contributed by atoms with Gasteiger partial charge in [-0.05, 0) is 43.0 Å². The summed E-state index contributed by atoms with van der Waals surface area (Å²) in [4.78, 5) is 31.7. The van der Waals surface area contributed by atoms with Crippen molar-refractivity contribution < 1.29 is 9.59 Å². The van der Waals surface area contributed by atoms with Gasteiger partial charge in [0.25, 0.3) is 5.91 Å². The highest BCUT2D eigenvalue weighted by Crippen LogP contribution is 2.22. The fourth-order valence-electron chi connectivity index (χ4n) is 2.64. The van der Waals surface area contributed by atoms with Gasteiger partial charge in [-0.3, -0.25) is 9.59 Å². The van der Waals surface area contributed by atoms with Crippen LogP contribution in [0.3, 0.4) is 0 Å². The van der Waals surface area contributed by atoms with Crippen molar-refractivity contribution in [1.82, 2.24) is 9.97 Å². The number of hydrogen-bond acceptors (Lipinski definition) is 6. The molecular formula is C18H24N6O2. The first-order chi connectivity index (χ1) is 12.2. The van der Waals surface area contributed by atoms with E-state index in [4.69, 9.17) is 11.5 Å². The maximum atomic E-state index is 11.7. The standard InChI is InChI=1S/C18H24N6O2/c1-9(2)14(16(19)25)23-13-8-21-15(17(20)26)18(24-13)22-12-6-10(3)5-11(4)7-12/h5-9,14H,1-4H3,(H2,19,25)(H2,20,26)(H2,22,23,24)/t14-/m1/s1. The van der Waals surface area contributed by atoms with Crippen LogP contribution in [0.1, 0.15) is 35.5 Å². The van der Waals surface area contributed by atoms with E-state index < -0.39 is 17.9 Å². The van der Waals surface area contributed by atoms with Crippen molar-refractivity contribution >= 4 is 29.1 Å². The van der Waals surface area contributed by atoms with E-state index in [-0.39, 0.29) is 17.4 Å². The Morgan fingerprint density at radius 3 is 2.19 bits per heavy atom. The Morgan fingerprint density at radius 1 is 1.08 bits per heavy atom. The molecule has 0 aliphatic heterocycles. The van der Waals surface area contributed by atoms with Gasteiger partial charge in [0.05, 0.1) is 6.20 Å². The third-order valence-electron chi connectivity index (χ3n) is 3.77. The normalized spacial score (nSPS) is 11.9. The molecule has 0 unspecified atom stereocenters. The molecule has 0 saturated heterocycles. The number of aromatic nitrogens is 2. The first-order valence-corrected chi connectivity index (χ1v) is 8.25. The second-order valence-corrected chi connectivity index (χ2v) is 6.59. The van der Waals surface area contributed by atoms with E-state index in [1.54, 1.807) is 0 Å². The van der Waals surface area contributed by atoms with Crippen LogP contribution in [0.4, 0.5) is 17.3 Å². The summed E-state index contributed by atoms with van der Waals surface area (Å²) < 4.78 is 0. The minimum atomic E-state index is -0.703. The Labute approximate surface area is 152 Å². The van der Waals surface area contributed by atoms with Crippen LogP contribution in [-0.2, 0) is 4.79 Å². The fraction of sp³-hybridized carbons (Fsp3) is 0.333. The maximum Gasteiger partial charge on any atom is 0.271 e. The molecule has 1 aromatic heterocycles. The lowest BCUT2D eigenvalue weighted by Crippen LogP contribution is -2.39. The molecular weight excluding hydrogens is 332 g/mol. The molecule has 1 aromatic carbocycles. The van der Waals surface area contributed by atoms with Gasteiger partial charge in [0.1, 0.15) is 11.9 Å². The van der Waals surface area contributed by atoms with Crippen molar-refractivity contribution in [2.45, 2.75) is 33.7 Å². The minimum absolute atomic E-state index is 0.00915. The molecule has 0 aliphatic rings. The highest BCUT2D eigenvalue weighted by Gasteiger charge is 2.21. The number of aryl methyl sites for hydroxylation is 2. The lowest BCUT2D eigenvalue weighted by Gasteiger charge is -2.20. The first kappa shape index (κ1) is 19.2. The van der Waals surface area contributed by atoms with E-state index in [1.165, 1.54) is 6.20 Å². The summed E-state index contributed by atoms with van der Waals surface area (Å²) in [6.07, 6.45) is 1.35. The summed E-state index contributed by atoms with van der Waals surface area (Å²) in [6.45, 7) is 7.67. The summed E-state index contributed by atoms with van der Waals surface area (Å²) in [5.74, 6) is -0.712. The van der Waals surface area contributed by atoms with Crippen LogP contribution in [0.25, 0.3) is 0 Å². The van der Waals surface area contributed by atoms with Gasteiger partial charge in [-0.15, -0.1) is 0 Å². The Hall–Kier alpha value is -3.16. The Bertz CT molecular complexity index is 814. The van der Waals surface area contributed by atoms with Crippen LogP contribution in [0.2, 0.25) is 0 Å². The number of hydrogen-bond donors (Lipinski definition) is 4. The molecule has 26 heavy (non-hydrogen) atoms. The van der Waals surface area contributed by atoms with Crippen molar-refractivity contribution in [3.8, 4) is 0 Å². The smallest absolute Gasteiger partial charge is 0.271 e. The predicted octanol–water partition coefficient (Wildman–Crippen LogP) is 1.86. The van der Waals surface area contributed by atoms with E-state index in [0.29, 0.717) is 5.82 Å². The van der Waals surface area contributed by atoms with Crippen LogP contribution in [0.5, 0.6) is 0 Å². The molecule has 2 rings (SSSR count). The molecule has 138 valence electrons. The van der Waals surface area contributed by atoms with E-state index in [1.807, 2.05) is 45.9 Å². The van der Waals surface area contributed by atoms with E-state index in [9.17, 15) is 9.59 Å². The summed E-state index contributed by atoms with van der Waals surface area (Å²) in [5.41, 5.74) is 13.7. The van der Waals surface area contributed by atoms with Gasteiger partial charge in [0, 0.05) is 5.69 Å². The summed E-state index contributed by atoms with van der Waals surface area (Å²) in [5, 5.41) is 6.03. The number of nitrogens with two attached hydrogens (primary N) is 2. The third-order valence-corrected chi connectivity index (χ3v) is 3.77. The topological polar surface area (TPSA) is 136 Å². The zero-order chi connectivity index (χ0) is 19.4. The Kier molecular flexibility index (Phi) is 5.76. The lowest BCUT2D eigenvalue weighted by molar-refractivity contribution is -0.119. The monoisotopic (exact) mass is 356 g/mol. The summed E-state index contributed by atoms with van der Waals surface area (Å²) >= 11 is 0. The Morgan fingerprint density at radius 2 is 1.69 bits per heavy atom. The molecule has 6 N–H and O–H groups in total. The Balaban J connectivity index is 2.39. The van der Waals surface area contributed by atoms with Crippen LogP contribution in [0, 0.1) is 19.8 Å². The van der Waals surface area contributed by atoms with Gasteiger partial charge >= 0.3 is 0 Å². The van der Waals surface area contributed by atoms with Crippen molar-refractivity contribution in [3.63, 3.8) is 0 Å². The lowest BCUT2D eigenvalue weighted by atomic mass is 10.0. The number of benzene rings is 1. The van der Waals surface area contributed by atoms with Crippen molar-refractivity contribution in [2.75, 3.05) is 10.6 Å².